The second-order valence-corrected chi connectivity index (χ2v) is 7.64. The summed E-state index contributed by atoms with van der Waals surface area (Å²) in [7, 11) is 0. The van der Waals surface area contributed by atoms with Crippen molar-refractivity contribution in [3.8, 4) is 11.1 Å². The molecule has 31 heavy (non-hydrogen) atoms. The third kappa shape index (κ3) is 6.04. The minimum absolute atomic E-state index is 0.0252. The van der Waals surface area contributed by atoms with E-state index >= 15 is 0 Å². The maximum Gasteiger partial charge on any atom is 0.352 e. The molecule has 3 atom stereocenters. The summed E-state index contributed by atoms with van der Waals surface area (Å²) in [6, 6.07) is 20.5. The monoisotopic (exact) mass is 422 g/mol. The molecule has 0 bridgehead atoms. The second-order valence-electron chi connectivity index (χ2n) is 7.64. The summed E-state index contributed by atoms with van der Waals surface area (Å²) < 4.78 is 0. The first-order valence-electron chi connectivity index (χ1n) is 10.1. The van der Waals surface area contributed by atoms with Crippen LogP contribution in [0.5, 0.6) is 0 Å². The summed E-state index contributed by atoms with van der Waals surface area (Å²) in [5, 5.41) is 31.9. The molecule has 162 valence electrons. The van der Waals surface area contributed by atoms with Crippen LogP contribution in [0.3, 0.4) is 0 Å². The number of rotatable bonds is 10. The van der Waals surface area contributed by atoms with E-state index in [1.165, 1.54) is 12.1 Å². The molecule has 0 fully saturated rings. The van der Waals surface area contributed by atoms with E-state index in [2.05, 4.69) is 10.3 Å². The van der Waals surface area contributed by atoms with Gasteiger partial charge in [-0.2, -0.15) is 0 Å². The van der Waals surface area contributed by atoms with Gasteiger partial charge in [-0.15, -0.1) is 0 Å². The van der Waals surface area contributed by atoms with E-state index in [1.807, 2.05) is 54.6 Å². The minimum atomic E-state index is -1.15. The fourth-order valence-corrected chi connectivity index (χ4v) is 3.50. The maximum atomic E-state index is 11.4. The molecule has 3 rings (SSSR count). The first-order valence-corrected chi connectivity index (χ1v) is 10.1. The van der Waals surface area contributed by atoms with Gasteiger partial charge in [-0.3, -0.25) is 10.1 Å². The van der Waals surface area contributed by atoms with Gasteiger partial charge in [0.2, 0.25) is 0 Å². The Morgan fingerprint density at radius 3 is 2.16 bits per heavy atom. The van der Waals surface area contributed by atoms with Gasteiger partial charge in [-0.05, 0) is 41.7 Å². The minimum Gasteiger partial charge on any atom is -0.481 e. The number of benzene rings is 2. The number of aromatic nitrogens is 1. The van der Waals surface area contributed by atoms with Crippen molar-refractivity contribution in [2.24, 2.45) is 5.92 Å². The number of aliphatic hydroxyl groups excluding tert-OH is 1. The molecule has 0 aliphatic carbocycles. The van der Waals surface area contributed by atoms with Gasteiger partial charge in [0.15, 0.2) is 0 Å². The Bertz CT molecular complexity index is 1010. The van der Waals surface area contributed by atoms with Crippen LogP contribution in [0.2, 0.25) is 0 Å². The lowest BCUT2D eigenvalue weighted by molar-refractivity contribution is -0.141. The second kappa shape index (κ2) is 10.1. The van der Waals surface area contributed by atoms with E-state index in [1.54, 1.807) is 6.92 Å². The van der Waals surface area contributed by atoms with E-state index in [4.69, 9.17) is 5.11 Å². The molecule has 0 amide bonds. The van der Waals surface area contributed by atoms with Crippen LogP contribution in [0.25, 0.3) is 11.1 Å². The van der Waals surface area contributed by atoms with Crippen LogP contribution in [0.1, 0.15) is 41.3 Å². The molecule has 1 unspecified atom stereocenters. The molecule has 5 N–H and O–H groups in total. The van der Waals surface area contributed by atoms with Crippen LogP contribution in [0.4, 0.5) is 0 Å². The van der Waals surface area contributed by atoms with Crippen molar-refractivity contribution in [1.82, 2.24) is 10.3 Å². The van der Waals surface area contributed by atoms with Gasteiger partial charge in [0, 0.05) is 6.04 Å². The number of nitrogens with one attached hydrogen (secondary N) is 2. The summed E-state index contributed by atoms with van der Waals surface area (Å²) in [5.41, 5.74) is 3.48. The predicted octanol–water partition coefficient (Wildman–Crippen LogP) is 3.68. The summed E-state index contributed by atoms with van der Waals surface area (Å²) in [6.07, 6.45) is -0.335. The number of aliphatic carboxylic acids is 1. The smallest absolute Gasteiger partial charge is 0.352 e. The van der Waals surface area contributed by atoms with Crippen LogP contribution in [-0.2, 0) is 11.2 Å². The van der Waals surface area contributed by atoms with Gasteiger partial charge in [0.05, 0.1) is 11.6 Å². The summed E-state index contributed by atoms with van der Waals surface area (Å²) in [6.45, 7) is 1.62. The predicted molar refractivity (Wildman–Crippen MR) is 117 cm³/mol. The van der Waals surface area contributed by atoms with E-state index in [-0.39, 0.29) is 11.7 Å². The van der Waals surface area contributed by atoms with Crippen LogP contribution >= 0.6 is 0 Å². The van der Waals surface area contributed by atoms with Crippen molar-refractivity contribution >= 4 is 11.9 Å². The van der Waals surface area contributed by atoms with Gasteiger partial charge in [0.25, 0.3) is 0 Å². The van der Waals surface area contributed by atoms with Crippen LogP contribution in [-0.4, -0.2) is 38.3 Å². The van der Waals surface area contributed by atoms with E-state index in [0.717, 1.165) is 16.7 Å². The van der Waals surface area contributed by atoms with E-state index in [9.17, 15) is 19.8 Å². The topological polar surface area (TPSA) is 123 Å². The Hall–Kier alpha value is -3.42. The molecule has 0 saturated carbocycles. The maximum absolute atomic E-state index is 11.4. The van der Waals surface area contributed by atoms with Gasteiger partial charge in [-0.25, -0.2) is 4.79 Å². The molecular weight excluding hydrogens is 396 g/mol. The average Bonchev–Trinajstić information content (AvgIpc) is 3.25. The first kappa shape index (κ1) is 22.3. The van der Waals surface area contributed by atoms with Crippen molar-refractivity contribution in [2.45, 2.75) is 32.0 Å². The molecule has 7 nitrogen and oxygen atoms in total. The molecule has 0 saturated heterocycles. The average molecular weight is 422 g/mol. The lowest BCUT2D eigenvalue weighted by Gasteiger charge is -2.24. The van der Waals surface area contributed by atoms with Crippen LogP contribution in [0.15, 0.2) is 66.7 Å². The van der Waals surface area contributed by atoms with Crippen LogP contribution < -0.4 is 5.32 Å². The fraction of sp³-hybridized carbons (Fsp3) is 0.250. The van der Waals surface area contributed by atoms with Crippen molar-refractivity contribution in [3.05, 3.63) is 83.7 Å². The Morgan fingerprint density at radius 2 is 1.58 bits per heavy atom. The summed E-state index contributed by atoms with van der Waals surface area (Å²) in [4.78, 5) is 25.1. The largest absolute Gasteiger partial charge is 0.481 e. The highest BCUT2D eigenvalue weighted by Crippen LogP contribution is 2.21. The summed E-state index contributed by atoms with van der Waals surface area (Å²) >= 11 is 0. The van der Waals surface area contributed by atoms with Gasteiger partial charge >= 0.3 is 11.9 Å². The molecule has 1 heterocycles. The number of hydrogen-bond donors (Lipinski definition) is 5. The molecule has 0 spiro atoms. The molecule has 0 aliphatic heterocycles. The Kier molecular flexibility index (Phi) is 7.23. The number of aromatic carboxylic acids is 1. The zero-order valence-corrected chi connectivity index (χ0v) is 17.2. The van der Waals surface area contributed by atoms with Crippen LogP contribution in [0, 0.1) is 5.92 Å². The van der Waals surface area contributed by atoms with Gasteiger partial charge in [-0.1, -0.05) is 61.5 Å². The molecular formula is C24H26N2O5. The van der Waals surface area contributed by atoms with E-state index in [0.29, 0.717) is 18.5 Å². The number of carbonyl (C=O) groups is 2. The molecule has 7 heteroatoms. The fourth-order valence-electron chi connectivity index (χ4n) is 3.50. The zero-order chi connectivity index (χ0) is 22.4. The van der Waals surface area contributed by atoms with Crippen molar-refractivity contribution in [3.63, 3.8) is 0 Å². The number of H-pyrrole nitrogens is 1. The lowest BCUT2D eigenvalue weighted by atomic mass is 9.94. The van der Waals surface area contributed by atoms with Gasteiger partial charge < -0.3 is 20.3 Å². The molecule has 3 aromatic rings. The summed E-state index contributed by atoms with van der Waals surface area (Å²) in [5.74, 6) is -2.63. The highest BCUT2D eigenvalue weighted by Gasteiger charge is 2.22. The van der Waals surface area contributed by atoms with E-state index < -0.39 is 24.1 Å². The van der Waals surface area contributed by atoms with Gasteiger partial charge in [0.1, 0.15) is 11.9 Å². The number of carboxylic acids is 2. The molecule has 2 aromatic carbocycles. The zero-order valence-electron chi connectivity index (χ0n) is 17.2. The third-order valence-corrected chi connectivity index (χ3v) is 5.23. The Labute approximate surface area is 180 Å². The standard InChI is InChI=1S/C24H26N2O5/c1-15(23(28)29)13-19(25-22(27)20-11-12-21(26-20)24(30)31)14-16-7-9-18(10-8-16)17-5-3-2-4-6-17/h2-12,15,19,22,25-27H,13-14H2,1H3,(H,28,29)(H,30,31)/t15-,19+,22?/m1/s1. The van der Waals surface area contributed by atoms with Crippen molar-refractivity contribution < 1.29 is 24.9 Å². The molecule has 0 radical (unpaired) electrons. The Balaban J connectivity index is 1.73. The quantitative estimate of drug-likeness (QED) is 0.318. The SMILES string of the molecule is C[C@H](C[C@@H](Cc1ccc(-c2ccccc2)cc1)NC(O)c1ccc(C(=O)O)[nH]1)C(=O)O. The van der Waals surface area contributed by atoms with Crippen molar-refractivity contribution in [1.29, 1.82) is 0 Å². The highest BCUT2D eigenvalue weighted by atomic mass is 16.4. The first-order chi connectivity index (χ1) is 14.8. The molecule has 1 aromatic heterocycles. The highest BCUT2D eigenvalue weighted by molar-refractivity contribution is 5.85. The number of hydrogen-bond acceptors (Lipinski definition) is 4. The lowest BCUT2D eigenvalue weighted by Crippen LogP contribution is -2.37. The van der Waals surface area contributed by atoms with Crippen molar-refractivity contribution in [2.75, 3.05) is 0 Å². The number of carboxylic acid groups (broad SMARTS) is 2. The number of aromatic amines is 1. The number of aliphatic hydroxyl groups is 1. The normalized spacial score (nSPS) is 14.0. The third-order valence-electron chi connectivity index (χ3n) is 5.23. The Morgan fingerprint density at radius 1 is 0.935 bits per heavy atom. The molecule has 0 aliphatic rings.